The zero-order chi connectivity index (χ0) is 21.2. The lowest BCUT2D eigenvalue weighted by Crippen LogP contribution is -2.13. The first kappa shape index (κ1) is 19.0. The lowest BCUT2D eigenvalue weighted by molar-refractivity contribution is 0.102. The molecule has 0 radical (unpaired) electrons. The van der Waals surface area contributed by atoms with Crippen LogP contribution in [0.3, 0.4) is 0 Å². The van der Waals surface area contributed by atoms with Gasteiger partial charge in [-0.2, -0.15) is 0 Å². The Morgan fingerprint density at radius 1 is 1.06 bits per heavy atom. The van der Waals surface area contributed by atoms with Crippen molar-refractivity contribution in [2.75, 3.05) is 5.32 Å². The number of carbonyl (C=O) groups is 1. The van der Waals surface area contributed by atoms with E-state index in [9.17, 15) is 9.18 Å². The molecule has 0 aliphatic carbocycles. The predicted octanol–water partition coefficient (Wildman–Crippen LogP) is 3.04. The summed E-state index contributed by atoms with van der Waals surface area (Å²) in [6.45, 7) is 0.762. The minimum absolute atomic E-state index is 0.320. The number of nitrogens with zero attached hydrogens (tertiary/aromatic N) is 7. The van der Waals surface area contributed by atoms with E-state index in [2.05, 4.69) is 31.0 Å². The SMILES string of the molecule is O=C(Nc1ccc(F)c(-c2nnc3n2CCCCC3)c1)c1cccc(-n2cnnn2)c1. The Bertz CT molecular complexity index is 1230. The molecule has 31 heavy (non-hydrogen) atoms. The number of anilines is 1. The quantitative estimate of drug-likeness (QED) is 0.546. The molecular weight excluding hydrogens is 399 g/mol. The Morgan fingerprint density at radius 2 is 2.00 bits per heavy atom. The monoisotopic (exact) mass is 418 g/mol. The summed E-state index contributed by atoms with van der Waals surface area (Å²) in [5.41, 5.74) is 1.87. The van der Waals surface area contributed by atoms with E-state index in [0.29, 0.717) is 28.3 Å². The largest absolute Gasteiger partial charge is 0.322 e. The average molecular weight is 418 g/mol. The number of aryl methyl sites for hydroxylation is 1. The van der Waals surface area contributed by atoms with Gasteiger partial charge in [-0.05, 0) is 59.7 Å². The summed E-state index contributed by atoms with van der Waals surface area (Å²) in [5.74, 6) is 0.637. The molecule has 4 aromatic rings. The van der Waals surface area contributed by atoms with E-state index in [1.54, 1.807) is 30.3 Å². The molecule has 10 heteroatoms. The van der Waals surface area contributed by atoms with E-state index in [1.165, 1.54) is 23.1 Å². The number of carbonyl (C=O) groups excluding carboxylic acids is 1. The Hall–Kier alpha value is -3.95. The van der Waals surface area contributed by atoms with Crippen molar-refractivity contribution in [1.82, 2.24) is 35.0 Å². The van der Waals surface area contributed by atoms with Gasteiger partial charge in [-0.1, -0.05) is 12.5 Å². The summed E-state index contributed by atoms with van der Waals surface area (Å²) in [7, 11) is 0. The van der Waals surface area contributed by atoms with Gasteiger partial charge in [0.25, 0.3) is 5.91 Å². The highest BCUT2D eigenvalue weighted by atomic mass is 19.1. The number of amides is 1. The molecule has 0 spiro atoms. The predicted molar refractivity (Wildman–Crippen MR) is 110 cm³/mol. The third-order valence-corrected chi connectivity index (χ3v) is 5.30. The van der Waals surface area contributed by atoms with Crippen molar-refractivity contribution in [3.05, 3.63) is 66.0 Å². The standard InChI is InChI=1S/C21H19FN8O/c22-18-9-8-15(12-17(18)20-26-25-19-7-2-1-3-10-29(19)20)24-21(31)14-5-4-6-16(11-14)30-13-23-27-28-30/h4-6,8-9,11-13H,1-3,7,10H2,(H,24,31). The molecular formula is C21H19FN8O. The third kappa shape index (κ3) is 3.79. The molecule has 0 bridgehead atoms. The second-order valence-corrected chi connectivity index (χ2v) is 7.36. The van der Waals surface area contributed by atoms with E-state index >= 15 is 0 Å². The van der Waals surface area contributed by atoms with Crippen molar-refractivity contribution >= 4 is 11.6 Å². The van der Waals surface area contributed by atoms with E-state index in [1.807, 2.05) is 4.57 Å². The lowest BCUT2D eigenvalue weighted by atomic mass is 10.1. The van der Waals surface area contributed by atoms with Gasteiger partial charge in [-0.25, -0.2) is 9.07 Å². The van der Waals surface area contributed by atoms with Crippen LogP contribution < -0.4 is 5.32 Å². The number of nitrogens with one attached hydrogen (secondary N) is 1. The van der Waals surface area contributed by atoms with E-state index < -0.39 is 5.82 Å². The summed E-state index contributed by atoms with van der Waals surface area (Å²) in [5, 5.41) is 22.3. The van der Waals surface area contributed by atoms with Gasteiger partial charge >= 0.3 is 0 Å². The van der Waals surface area contributed by atoms with Gasteiger partial charge in [0.15, 0.2) is 5.82 Å². The molecule has 1 aliphatic heterocycles. The van der Waals surface area contributed by atoms with Crippen molar-refractivity contribution in [3.8, 4) is 17.1 Å². The fraction of sp³-hybridized carbons (Fsp3) is 0.238. The molecule has 5 rings (SSSR count). The van der Waals surface area contributed by atoms with Crippen LogP contribution >= 0.6 is 0 Å². The van der Waals surface area contributed by atoms with Gasteiger partial charge in [0.2, 0.25) is 0 Å². The topological polar surface area (TPSA) is 103 Å². The molecule has 0 fully saturated rings. The summed E-state index contributed by atoms with van der Waals surface area (Å²) in [4.78, 5) is 12.8. The fourth-order valence-corrected chi connectivity index (χ4v) is 3.73. The first-order chi connectivity index (χ1) is 15.2. The normalized spacial score (nSPS) is 13.5. The summed E-state index contributed by atoms with van der Waals surface area (Å²) in [6.07, 6.45) is 5.46. The lowest BCUT2D eigenvalue weighted by Gasteiger charge is -2.11. The number of fused-ring (bicyclic) bond motifs is 1. The Kier molecular flexibility index (Phi) is 4.95. The van der Waals surface area contributed by atoms with Crippen LogP contribution in [0.5, 0.6) is 0 Å². The van der Waals surface area contributed by atoms with Crippen molar-refractivity contribution in [1.29, 1.82) is 0 Å². The number of benzene rings is 2. The first-order valence-corrected chi connectivity index (χ1v) is 10.1. The van der Waals surface area contributed by atoms with Crippen LogP contribution in [0.1, 0.15) is 35.4 Å². The number of tetrazole rings is 1. The number of halogens is 1. The smallest absolute Gasteiger partial charge is 0.255 e. The molecule has 0 saturated heterocycles. The number of hydrogen-bond donors (Lipinski definition) is 1. The molecule has 1 aliphatic rings. The molecule has 1 amide bonds. The maximum atomic E-state index is 14.7. The highest BCUT2D eigenvalue weighted by Crippen LogP contribution is 2.27. The zero-order valence-corrected chi connectivity index (χ0v) is 16.6. The molecule has 0 atom stereocenters. The molecule has 2 aromatic carbocycles. The van der Waals surface area contributed by atoms with Crippen LogP contribution in [0.25, 0.3) is 17.1 Å². The zero-order valence-electron chi connectivity index (χ0n) is 16.6. The maximum absolute atomic E-state index is 14.7. The molecule has 156 valence electrons. The van der Waals surface area contributed by atoms with Crippen LogP contribution in [-0.2, 0) is 13.0 Å². The van der Waals surface area contributed by atoms with Gasteiger partial charge in [0, 0.05) is 24.2 Å². The average Bonchev–Trinajstić information content (AvgIpc) is 3.41. The van der Waals surface area contributed by atoms with Gasteiger partial charge < -0.3 is 9.88 Å². The van der Waals surface area contributed by atoms with Gasteiger partial charge in [-0.3, -0.25) is 4.79 Å². The molecule has 3 heterocycles. The Labute approximate surface area is 176 Å². The van der Waals surface area contributed by atoms with E-state index in [-0.39, 0.29) is 5.91 Å². The minimum Gasteiger partial charge on any atom is -0.322 e. The van der Waals surface area contributed by atoms with Crippen LogP contribution in [0.2, 0.25) is 0 Å². The van der Waals surface area contributed by atoms with Gasteiger partial charge in [0.1, 0.15) is 18.0 Å². The second-order valence-electron chi connectivity index (χ2n) is 7.36. The van der Waals surface area contributed by atoms with Crippen molar-refractivity contribution in [2.24, 2.45) is 0 Å². The number of aromatic nitrogens is 7. The molecule has 0 saturated carbocycles. The van der Waals surface area contributed by atoms with Gasteiger partial charge in [0.05, 0.1) is 11.3 Å². The molecule has 2 aromatic heterocycles. The second kappa shape index (κ2) is 8.05. The van der Waals surface area contributed by atoms with Crippen LogP contribution in [0, 0.1) is 5.82 Å². The van der Waals surface area contributed by atoms with Crippen LogP contribution in [-0.4, -0.2) is 40.9 Å². The van der Waals surface area contributed by atoms with E-state index in [0.717, 1.165) is 38.1 Å². The fourth-order valence-electron chi connectivity index (χ4n) is 3.73. The number of rotatable bonds is 4. The summed E-state index contributed by atoms with van der Waals surface area (Å²) >= 11 is 0. The molecule has 0 unspecified atom stereocenters. The number of hydrogen-bond acceptors (Lipinski definition) is 6. The molecule has 1 N–H and O–H groups in total. The summed E-state index contributed by atoms with van der Waals surface area (Å²) < 4.78 is 18.1. The van der Waals surface area contributed by atoms with Crippen molar-refractivity contribution < 1.29 is 9.18 Å². The van der Waals surface area contributed by atoms with Gasteiger partial charge in [-0.15, -0.1) is 15.3 Å². The van der Waals surface area contributed by atoms with Crippen LogP contribution in [0.4, 0.5) is 10.1 Å². The van der Waals surface area contributed by atoms with E-state index in [4.69, 9.17) is 0 Å². The maximum Gasteiger partial charge on any atom is 0.255 e. The molecule has 9 nitrogen and oxygen atoms in total. The highest BCUT2D eigenvalue weighted by molar-refractivity contribution is 6.04. The summed E-state index contributed by atoms with van der Waals surface area (Å²) in [6, 6.07) is 11.4. The first-order valence-electron chi connectivity index (χ1n) is 10.1. The third-order valence-electron chi connectivity index (χ3n) is 5.30. The van der Waals surface area contributed by atoms with Crippen molar-refractivity contribution in [3.63, 3.8) is 0 Å². The van der Waals surface area contributed by atoms with Crippen molar-refractivity contribution in [2.45, 2.75) is 32.2 Å². The minimum atomic E-state index is -0.405. The van der Waals surface area contributed by atoms with Crippen LogP contribution in [0.15, 0.2) is 48.8 Å². The Morgan fingerprint density at radius 3 is 2.87 bits per heavy atom. The Balaban J connectivity index is 1.42. The highest BCUT2D eigenvalue weighted by Gasteiger charge is 2.19.